The predicted octanol–water partition coefficient (Wildman–Crippen LogP) is 3.19. The van der Waals surface area contributed by atoms with Crippen molar-refractivity contribution >= 4 is 17.3 Å². The molecule has 0 saturated carbocycles. The number of nitrogens with one attached hydrogen (secondary N) is 1. The minimum Gasteiger partial charge on any atom is -0.396 e. The van der Waals surface area contributed by atoms with Gasteiger partial charge in [0.2, 0.25) is 0 Å². The summed E-state index contributed by atoms with van der Waals surface area (Å²) in [5, 5.41) is 12.5. The van der Waals surface area contributed by atoms with Crippen LogP contribution in [0.4, 0.5) is 11.4 Å². The molecule has 23 heavy (non-hydrogen) atoms. The summed E-state index contributed by atoms with van der Waals surface area (Å²) >= 11 is 0. The van der Waals surface area contributed by atoms with Crippen LogP contribution in [0.25, 0.3) is 0 Å². The highest BCUT2D eigenvalue weighted by atomic mass is 16.3. The van der Waals surface area contributed by atoms with Crippen molar-refractivity contribution in [3.05, 3.63) is 59.2 Å². The third kappa shape index (κ3) is 2.94. The molecule has 1 unspecified atom stereocenters. The number of nitrogens with zero attached hydrogens (tertiary/aromatic N) is 1. The van der Waals surface area contributed by atoms with E-state index < -0.39 is 0 Å². The molecule has 0 saturated heterocycles. The van der Waals surface area contributed by atoms with Crippen LogP contribution >= 0.6 is 0 Å². The van der Waals surface area contributed by atoms with Crippen LogP contribution in [0.1, 0.15) is 29.2 Å². The van der Waals surface area contributed by atoms with E-state index >= 15 is 0 Å². The number of aliphatic hydroxyl groups excluding tert-OH is 1. The molecule has 4 heteroatoms. The summed E-state index contributed by atoms with van der Waals surface area (Å²) < 4.78 is 0. The second-order valence-electron chi connectivity index (χ2n) is 6.01. The number of rotatable bonds is 4. The van der Waals surface area contributed by atoms with Gasteiger partial charge in [-0.3, -0.25) is 4.79 Å². The Hall–Kier alpha value is -2.33. The van der Waals surface area contributed by atoms with Crippen LogP contribution in [0, 0.1) is 13.8 Å². The molecule has 0 fully saturated rings. The van der Waals surface area contributed by atoms with Crippen molar-refractivity contribution in [3.8, 4) is 0 Å². The molecule has 0 spiro atoms. The fourth-order valence-electron chi connectivity index (χ4n) is 2.96. The highest BCUT2D eigenvalue weighted by molar-refractivity contribution is 6.05. The van der Waals surface area contributed by atoms with Crippen LogP contribution in [0.3, 0.4) is 0 Å². The van der Waals surface area contributed by atoms with Crippen LogP contribution < -0.4 is 10.2 Å². The van der Waals surface area contributed by atoms with Gasteiger partial charge in [0.25, 0.3) is 5.91 Å². The largest absolute Gasteiger partial charge is 0.396 e. The molecular formula is C19H22N2O2. The van der Waals surface area contributed by atoms with Gasteiger partial charge in [0.15, 0.2) is 0 Å². The molecule has 3 rings (SSSR count). The van der Waals surface area contributed by atoms with Gasteiger partial charge in [-0.2, -0.15) is 0 Å². The highest BCUT2D eigenvalue weighted by Gasteiger charge is 2.33. The molecule has 2 aromatic carbocycles. The van der Waals surface area contributed by atoms with Crippen molar-refractivity contribution in [3.63, 3.8) is 0 Å². The van der Waals surface area contributed by atoms with Gasteiger partial charge in [-0.05, 0) is 49.1 Å². The van der Waals surface area contributed by atoms with E-state index in [2.05, 4.69) is 18.3 Å². The Kier molecular flexibility index (Phi) is 4.35. The van der Waals surface area contributed by atoms with Crippen molar-refractivity contribution in [1.82, 2.24) is 0 Å². The molecule has 1 heterocycles. The summed E-state index contributed by atoms with van der Waals surface area (Å²) in [5.74, 6) is 0.0282. The third-order valence-corrected chi connectivity index (χ3v) is 4.39. The average molecular weight is 310 g/mol. The lowest BCUT2D eigenvalue weighted by atomic mass is 9.98. The molecule has 1 aliphatic heterocycles. The van der Waals surface area contributed by atoms with E-state index in [0.717, 1.165) is 22.5 Å². The Labute approximate surface area is 136 Å². The molecule has 1 atom stereocenters. The maximum atomic E-state index is 13.0. The molecule has 1 amide bonds. The zero-order chi connectivity index (χ0) is 16.4. The Morgan fingerprint density at radius 1 is 1.13 bits per heavy atom. The first-order valence-corrected chi connectivity index (χ1v) is 7.97. The van der Waals surface area contributed by atoms with Gasteiger partial charge in [0.05, 0.1) is 11.4 Å². The van der Waals surface area contributed by atoms with Gasteiger partial charge in [0, 0.05) is 13.2 Å². The first-order valence-electron chi connectivity index (χ1n) is 7.97. The van der Waals surface area contributed by atoms with E-state index in [0.29, 0.717) is 13.0 Å². The van der Waals surface area contributed by atoms with Crippen LogP contribution in [-0.2, 0) is 4.79 Å². The standard InChI is InChI=1S/C19H22N2O2/c1-13-11-16-17(12-14(13)2)21(9-6-10-22)19(23)18(20-16)15-7-4-3-5-8-15/h3-5,7-8,11-12,18,20,22H,6,9-10H2,1-2H3. The number of amides is 1. The second kappa shape index (κ2) is 6.42. The molecule has 4 nitrogen and oxygen atoms in total. The Balaban J connectivity index is 2.04. The van der Waals surface area contributed by atoms with Crippen molar-refractivity contribution < 1.29 is 9.90 Å². The summed E-state index contributed by atoms with van der Waals surface area (Å²) in [6.45, 7) is 4.72. The fourth-order valence-corrected chi connectivity index (χ4v) is 2.96. The number of aliphatic hydroxyl groups is 1. The maximum absolute atomic E-state index is 13.0. The summed E-state index contributed by atoms with van der Waals surface area (Å²) in [7, 11) is 0. The quantitative estimate of drug-likeness (QED) is 0.912. The molecule has 0 aromatic heterocycles. The minimum absolute atomic E-state index is 0.0282. The molecule has 0 aliphatic carbocycles. The summed E-state index contributed by atoms with van der Waals surface area (Å²) in [4.78, 5) is 14.8. The number of anilines is 2. The predicted molar refractivity (Wildman–Crippen MR) is 92.8 cm³/mol. The van der Waals surface area contributed by atoms with Crippen molar-refractivity contribution in [2.45, 2.75) is 26.3 Å². The third-order valence-electron chi connectivity index (χ3n) is 4.39. The molecule has 0 radical (unpaired) electrons. The van der Waals surface area contributed by atoms with E-state index in [1.807, 2.05) is 43.3 Å². The van der Waals surface area contributed by atoms with Crippen molar-refractivity contribution in [2.75, 3.05) is 23.4 Å². The average Bonchev–Trinajstić information content (AvgIpc) is 2.56. The van der Waals surface area contributed by atoms with Gasteiger partial charge < -0.3 is 15.3 Å². The van der Waals surface area contributed by atoms with E-state index in [1.54, 1.807) is 4.90 Å². The molecule has 0 bridgehead atoms. The van der Waals surface area contributed by atoms with E-state index in [1.165, 1.54) is 5.56 Å². The zero-order valence-corrected chi connectivity index (χ0v) is 13.5. The number of aryl methyl sites for hydroxylation is 2. The van der Waals surface area contributed by atoms with Gasteiger partial charge in [-0.1, -0.05) is 30.3 Å². The number of hydrogen-bond acceptors (Lipinski definition) is 3. The number of hydrogen-bond donors (Lipinski definition) is 2. The van der Waals surface area contributed by atoms with Crippen LogP contribution in [0.5, 0.6) is 0 Å². The normalized spacial score (nSPS) is 16.9. The topological polar surface area (TPSA) is 52.6 Å². The molecule has 2 aromatic rings. The molecule has 2 N–H and O–H groups in total. The Morgan fingerprint density at radius 2 is 1.83 bits per heavy atom. The zero-order valence-electron chi connectivity index (χ0n) is 13.5. The fraction of sp³-hybridized carbons (Fsp3) is 0.316. The van der Waals surface area contributed by atoms with Crippen LogP contribution in [0.2, 0.25) is 0 Å². The van der Waals surface area contributed by atoms with Crippen molar-refractivity contribution in [1.29, 1.82) is 0 Å². The van der Waals surface area contributed by atoms with Crippen LogP contribution in [0.15, 0.2) is 42.5 Å². The maximum Gasteiger partial charge on any atom is 0.254 e. The van der Waals surface area contributed by atoms with Crippen LogP contribution in [-0.4, -0.2) is 24.2 Å². The molecular weight excluding hydrogens is 288 g/mol. The summed E-state index contributed by atoms with van der Waals surface area (Å²) in [5.41, 5.74) is 5.18. The number of benzene rings is 2. The summed E-state index contributed by atoms with van der Waals surface area (Å²) in [6.07, 6.45) is 0.569. The number of fused-ring (bicyclic) bond motifs is 1. The van der Waals surface area contributed by atoms with Gasteiger partial charge >= 0.3 is 0 Å². The minimum atomic E-state index is -0.385. The smallest absolute Gasteiger partial charge is 0.254 e. The van der Waals surface area contributed by atoms with E-state index in [9.17, 15) is 4.79 Å². The van der Waals surface area contributed by atoms with Crippen molar-refractivity contribution in [2.24, 2.45) is 0 Å². The molecule has 120 valence electrons. The first-order chi connectivity index (χ1) is 11.1. The van der Waals surface area contributed by atoms with E-state index in [-0.39, 0.29) is 18.6 Å². The lowest BCUT2D eigenvalue weighted by Crippen LogP contribution is -2.43. The van der Waals surface area contributed by atoms with Gasteiger partial charge in [-0.15, -0.1) is 0 Å². The second-order valence-corrected chi connectivity index (χ2v) is 6.01. The van der Waals surface area contributed by atoms with E-state index in [4.69, 9.17) is 5.11 Å². The van der Waals surface area contributed by atoms with Gasteiger partial charge in [-0.25, -0.2) is 0 Å². The SMILES string of the molecule is Cc1cc2c(cc1C)N(CCCO)C(=O)C(c1ccccc1)N2. The lowest BCUT2D eigenvalue weighted by Gasteiger charge is -2.36. The Bertz CT molecular complexity index is 713. The summed E-state index contributed by atoms with van der Waals surface area (Å²) in [6, 6.07) is 13.5. The number of carbonyl (C=O) groups is 1. The number of carbonyl (C=O) groups excluding carboxylic acids is 1. The Morgan fingerprint density at radius 3 is 2.52 bits per heavy atom. The molecule has 1 aliphatic rings. The first kappa shape index (κ1) is 15.6. The lowest BCUT2D eigenvalue weighted by molar-refractivity contribution is -0.119. The van der Waals surface area contributed by atoms with Gasteiger partial charge in [0.1, 0.15) is 6.04 Å². The highest BCUT2D eigenvalue weighted by Crippen LogP contribution is 2.38. The monoisotopic (exact) mass is 310 g/mol.